The molecule has 0 radical (unpaired) electrons. The summed E-state index contributed by atoms with van der Waals surface area (Å²) in [5.74, 6) is -6.30. The molecule has 16 heteroatoms. The predicted octanol–water partition coefficient (Wildman–Crippen LogP) is 3.83. The first-order valence-corrected chi connectivity index (χ1v) is 20.2. The SMILES string of the molecule is CC(=O)OC1C(=O)[C@@]2(C)[C@H]([C@H](OC(=O)c3ccccc3)[C@]3(O)C[C@H](OC(=O)[C@H](O)[C@@H](NC(=O)OC(C)(C)C)c4ccccc4)C(C)=C1C3(C)C)[C@]1(OC(C)=O)CO[C@@H]1C[C@@H]2O. The number of aliphatic hydroxyl groups excluding tert-OH is 2. The van der Waals surface area contributed by atoms with Crippen LogP contribution >= 0.6 is 0 Å². The van der Waals surface area contributed by atoms with E-state index < -0.39 is 118 Å². The van der Waals surface area contributed by atoms with Crippen LogP contribution in [-0.4, -0.2) is 111 Å². The molecule has 6 rings (SSSR count). The van der Waals surface area contributed by atoms with Gasteiger partial charge in [0.25, 0.3) is 0 Å². The molecule has 1 amide bonds. The summed E-state index contributed by atoms with van der Waals surface area (Å²) in [6, 6.07) is 14.5. The molecule has 0 spiro atoms. The Hall–Kier alpha value is -5.16. The lowest BCUT2D eigenvalue weighted by atomic mass is 9.44. The Kier molecular flexibility index (Phi) is 12.1. The molecule has 16 nitrogen and oxygen atoms in total. The van der Waals surface area contributed by atoms with Crippen molar-refractivity contribution in [1.82, 2.24) is 5.32 Å². The summed E-state index contributed by atoms with van der Waals surface area (Å²) >= 11 is 0. The minimum atomic E-state index is -2.40. The number of carbonyl (C=O) groups excluding carboxylic acids is 6. The maximum atomic E-state index is 15.5. The highest BCUT2D eigenvalue weighted by Gasteiger charge is 2.78. The molecule has 2 aromatic carbocycles. The van der Waals surface area contributed by atoms with E-state index in [1.54, 1.807) is 83.1 Å². The van der Waals surface area contributed by atoms with Crippen LogP contribution in [0, 0.1) is 16.7 Å². The molecule has 2 saturated carbocycles. The van der Waals surface area contributed by atoms with E-state index in [4.69, 9.17) is 28.4 Å². The van der Waals surface area contributed by atoms with Crippen LogP contribution in [0.15, 0.2) is 71.8 Å². The smallest absolute Gasteiger partial charge is 0.408 e. The zero-order valence-corrected chi connectivity index (χ0v) is 35.8. The average Bonchev–Trinajstić information content (AvgIpc) is 3.17. The van der Waals surface area contributed by atoms with Gasteiger partial charge in [0.1, 0.15) is 29.5 Å². The first-order chi connectivity index (χ1) is 28.4. The van der Waals surface area contributed by atoms with Crippen molar-refractivity contribution >= 4 is 35.8 Å². The Balaban J connectivity index is 1.54. The van der Waals surface area contributed by atoms with Crippen molar-refractivity contribution in [3.05, 3.63) is 82.9 Å². The van der Waals surface area contributed by atoms with Crippen LogP contribution < -0.4 is 5.32 Å². The molecule has 2 bridgehead atoms. The van der Waals surface area contributed by atoms with Gasteiger partial charge < -0.3 is 49.1 Å². The fraction of sp³-hybridized carbons (Fsp3) is 0.556. The number of ether oxygens (including phenoxy) is 6. The van der Waals surface area contributed by atoms with Gasteiger partial charge in [-0.1, -0.05) is 62.4 Å². The van der Waals surface area contributed by atoms with Crippen molar-refractivity contribution in [3.8, 4) is 0 Å². The molecule has 61 heavy (non-hydrogen) atoms. The zero-order chi connectivity index (χ0) is 45.0. The monoisotopic (exact) mass is 849 g/mol. The lowest BCUT2D eigenvalue weighted by Gasteiger charge is -2.67. The van der Waals surface area contributed by atoms with E-state index in [-0.39, 0.29) is 29.7 Å². The highest BCUT2D eigenvalue weighted by atomic mass is 16.6. The van der Waals surface area contributed by atoms with E-state index >= 15 is 4.79 Å². The summed E-state index contributed by atoms with van der Waals surface area (Å²) in [5, 5.41) is 39.9. The van der Waals surface area contributed by atoms with Crippen molar-refractivity contribution in [2.75, 3.05) is 6.61 Å². The van der Waals surface area contributed by atoms with Gasteiger partial charge in [0.15, 0.2) is 23.6 Å². The van der Waals surface area contributed by atoms with E-state index in [1.807, 2.05) is 0 Å². The minimum absolute atomic E-state index is 0.0126. The van der Waals surface area contributed by atoms with Crippen molar-refractivity contribution in [3.63, 3.8) is 0 Å². The Morgan fingerprint density at radius 2 is 1.51 bits per heavy atom. The Bertz CT molecular complexity index is 2100. The van der Waals surface area contributed by atoms with Crippen LogP contribution in [0.5, 0.6) is 0 Å². The van der Waals surface area contributed by atoms with E-state index in [0.29, 0.717) is 5.56 Å². The molecule has 1 aliphatic heterocycles. The van der Waals surface area contributed by atoms with E-state index in [1.165, 1.54) is 26.0 Å². The van der Waals surface area contributed by atoms with Gasteiger partial charge in [-0.15, -0.1) is 0 Å². The molecule has 1 saturated heterocycles. The topological polar surface area (TPSA) is 231 Å². The van der Waals surface area contributed by atoms with Crippen LogP contribution in [0.3, 0.4) is 0 Å². The first-order valence-electron chi connectivity index (χ1n) is 20.2. The Morgan fingerprint density at radius 1 is 0.902 bits per heavy atom. The van der Waals surface area contributed by atoms with E-state index in [9.17, 15) is 39.3 Å². The number of alkyl carbamates (subject to hydrolysis) is 1. The lowest BCUT2D eigenvalue weighted by Crippen LogP contribution is -2.82. The molecule has 330 valence electrons. The molecule has 1 unspecified atom stereocenters. The predicted molar refractivity (Wildman–Crippen MR) is 213 cm³/mol. The summed E-state index contributed by atoms with van der Waals surface area (Å²) in [6.45, 7) is 12.9. The number of benzene rings is 2. The van der Waals surface area contributed by atoms with Gasteiger partial charge in [-0.25, -0.2) is 14.4 Å². The summed E-state index contributed by atoms with van der Waals surface area (Å²) < 4.78 is 35.6. The van der Waals surface area contributed by atoms with Crippen LogP contribution in [0.4, 0.5) is 4.79 Å². The second-order valence-electron chi connectivity index (χ2n) is 18.2. The maximum Gasteiger partial charge on any atom is 0.408 e. The molecule has 2 aromatic rings. The highest BCUT2D eigenvalue weighted by molar-refractivity contribution is 5.95. The average molecular weight is 850 g/mol. The van der Waals surface area contributed by atoms with Crippen molar-refractivity contribution < 1.29 is 72.5 Å². The van der Waals surface area contributed by atoms with Gasteiger partial charge >= 0.3 is 30.0 Å². The third-order valence-corrected chi connectivity index (χ3v) is 12.8. The van der Waals surface area contributed by atoms with Crippen LogP contribution in [0.1, 0.15) is 97.1 Å². The van der Waals surface area contributed by atoms with Gasteiger partial charge in [0.05, 0.1) is 35.6 Å². The van der Waals surface area contributed by atoms with Gasteiger partial charge in [0.2, 0.25) is 0 Å². The third-order valence-electron chi connectivity index (χ3n) is 12.8. The van der Waals surface area contributed by atoms with Gasteiger partial charge in [-0.05, 0) is 63.5 Å². The van der Waals surface area contributed by atoms with Crippen LogP contribution in [0.2, 0.25) is 0 Å². The number of hydrogen-bond acceptors (Lipinski definition) is 15. The molecule has 4 N–H and O–H groups in total. The molecule has 1 heterocycles. The Labute approximate surface area is 353 Å². The summed E-state index contributed by atoms with van der Waals surface area (Å²) in [5.41, 5.74) is -8.30. The number of amides is 1. The van der Waals surface area contributed by atoms with Gasteiger partial charge in [-0.2, -0.15) is 0 Å². The van der Waals surface area contributed by atoms with Crippen molar-refractivity contribution in [2.24, 2.45) is 16.7 Å². The number of esters is 4. The number of nitrogens with one attached hydrogen (secondary N) is 1. The molecular formula is C45H55NO15. The van der Waals surface area contributed by atoms with E-state index in [2.05, 4.69) is 5.32 Å². The number of carbonyl (C=O) groups is 6. The molecule has 4 aliphatic rings. The normalized spacial score (nSPS) is 32.5. The Morgan fingerprint density at radius 3 is 2.05 bits per heavy atom. The number of fused-ring (bicyclic) bond motifs is 5. The molecule has 3 aliphatic carbocycles. The standard InChI is InChI=1S/C45H55NO15/c1-23-28(58-39(53)33(50)32(26-16-12-10-13-17-26)46-40(54)61-41(4,5)6)21-45(55)37(59-38(52)27-18-14-11-15-19-27)35-43(9,29(49)20-30-44(35,22-56-30)60-25(3)48)36(51)34(57-24(2)47)31(23)42(45,7)8/h10-19,28-30,32-35,37,49-50,55H,20-22H2,1-9H3,(H,46,54)/t28-,29-,30+,32-,33+,34?,35-,37-,43+,44-,45+/m0/s1. The van der Waals surface area contributed by atoms with Crippen molar-refractivity contribution in [1.29, 1.82) is 0 Å². The maximum absolute atomic E-state index is 15.5. The third kappa shape index (κ3) is 7.94. The number of Topliss-reactive ketones (excluding diaryl/α,β-unsaturated/α-hetero) is 1. The second-order valence-corrected chi connectivity index (χ2v) is 18.2. The number of hydrogen-bond donors (Lipinski definition) is 4. The number of aliphatic hydroxyl groups is 3. The van der Waals surface area contributed by atoms with Crippen LogP contribution in [0.25, 0.3) is 0 Å². The fourth-order valence-corrected chi connectivity index (χ4v) is 9.80. The summed E-state index contributed by atoms with van der Waals surface area (Å²) in [7, 11) is 0. The number of rotatable bonds is 9. The zero-order valence-electron chi connectivity index (χ0n) is 35.8. The second kappa shape index (κ2) is 16.3. The molecule has 11 atom stereocenters. The first kappa shape index (κ1) is 45.4. The highest BCUT2D eigenvalue weighted by Crippen LogP contribution is 2.64. The quantitative estimate of drug-likeness (QED) is 0.160. The number of ketones is 1. The molecule has 0 aromatic heterocycles. The molecular weight excluding hydrogens is 794 g/mol. The minimum Gasteiger partial charge on any atom is -0.456 e. The lowest BCUT2D eigenvalue weighted by molar-refractivity contribution is -0.346. The fourth-order valence-electron chi connectivity index (χ4n) is 9.80. The van der Waals surface area contributed by atoms with Gasteiger partial charge in [-0.3, -0.25) is 14.4 Å². The largest absolute Gasteiger partial charge is 0.456 e. The summed E-state index contributed by atoms with van der Waals surface area (Å²) in [4.78, 5) is 82.9. The van der Waals surface area contributed by atoms with Gasteiger partial charge in [0, 0.05) is 32.1 Å². The van der Waals surface area contributed by atoms with E-state index in [0.717, 1.165) is 13.8 Å². The van der Waals surface area contributed by atoms with Crippen molar-refractivity contribution in [2.45, 2.75) is 135 Å². The summed E-state index contributed by atoms with van der Waals surface area (Å²) in [6.07, 6.45) is -11.5. The molecule has 3 fully saturated rings. The van der Waals surface area contributed by atoms with Crippen LogP contribution in [-0.2, 0) is 47.6 Å².